The van der Waals surface area contributed by atoms with Crippen LogP contribution >= 0.6 is 0 Å². The van der Waals surface area contributed by atoms with Gasteiger partial charge in [-0.2, -0.15) is 0 Å². The van der Waals surface area contributed by atoms with Crippen LogP contribution in [0.25, 0.3) is 0 Å². The molecule has 0 aromatic heterocycles. The lowest BCUT2D eigenvalue weighted by Gasteiger charge is -2.25. The van der Waals surface area contributed by atoms with Gasteiger partial charge in [0.15, 0.2) is 6.10 Å². The van der Waals surface area contributed by atoms with Crippen molar-refractivity contribution in [3.8, 4) is 0 Å². The monoisotopic (exact) mass is 417 g/mol. The number of aliphatic hydroxyl groups excluding tert-OH is 1. The maximum absolute atomic E-state index is 12.7. The lowest BCUT2D eigenvalue weighted by Crippen LogP contribution is -2.52. The third-order valence-corrected chi connectivity index (χ3v) is 5.52. The van der Waals surface area contributed by atoms with Crippen LogP contribution in [0.1, 0.15) is 44.6 Å². The lowest BCUT2D eigenvalue weighted by molar-refractivity contribution is -0.133. The first-order valence-corrected chi connectivity index (χ1v) is 10.7. The van der Waals surface area contributed by atoms with Crippen LogP contribution < -0.4 is 10.6 Å². The second-order valence-corrected chi connectivity index (χ2v) is 8.10. The van der Waals surface area contributed by atoms with Gasteiger partial charge in [0.25, 0.3) is 5.91 Å². The number of ether oxygens (including phenoxy) is 1. The third kappa shape index (κ3) is 6.19. The van der Waals surface area contributed by atoms with Crippen LogP contribution in [0, 0.1) is 5.92 Å². The van der Waals surface area contributed by atoms with Crippen LogP contribution in [0.3, 0.4) is 0 Å². The highest BCUT2D eigenvalue weighted by Gasteiger charge is 2.36. The summed E-state index contributed by atoms with van der Waals surface area (Å²) in [7, 11) is 0. The van der Waals surface area contributed by atoms with E-state index in [0.29, 0.717) is 19.4 Å². The first-order valence-electron chi connectivity index (χ1n) is 10.7. The molecule has 1 aliphatic carbocycles. The van der Waals surface area contributed by atoms with Crippen LogP contribution in [-0.4, -0.2) is 59.2 Å². The van der Waals surface area contributed by atoms with Crippen molar-refractivity contribution in [2.45, 2.75) is 63.8 Å². The molecular formula is C22H31N3O5. The Balaban J connectivity index is 1.47. The normalized spacial score (nSPS) is 20.3. The highest BCUT2D eigenvalue weighted by atomic mass is 16.6. The molecule has 3 N–H and O–H groups in total. The molecule has 3 amide bonds. The molecule has 1 aromatic rings. The van der Waals surface area contributed by atoms with Gasteiger partial charge in [0.1, 0.15) is 6.61 Å². The Morgan fingerprint density at radius 1 is 1.20 bits per heavy atom. The largest absolute Gasteiger partial charge is 0.445 e. The summed E-state index contributed by atoms with van der Waals surface area (Å²) in [6.45, 7) is 2.83. The fraction of sp³-hybridized carbons (Fsp3) is 0.591. The summed E-state index contributed by atoms with van der Waals surface area (Å²) in [5.74, 6) is -1.06. The van der Waals surface area contributed by atoms with Crippen molar-refractivity contribution >= 4 is 17.9 Å². The zero-order valence-corrected chi connectivity index (χ0v) is 17.4. The Bertz CT molecular complexity index is 738. The molecule has 3 rings (SSSR count). The second-order valence-electron chi connectivity index (χ2n) is 8.10. The number of nitrogens with one attached hydrogen (secondary N) is 2. The number of nitrogens with zero attached hydrogens (tertiary/aromatic N) is 1. The zero-order chi connectivity index (χ0) is 21.5. The molecule has 2 aliphatic rings. The first kappa shape index (κ1) is 22.1. The quantitative estimate of drug-likeness (QED) is 0.565. The molecule has 8 heteroatoms. The van der Waals surface area contributed by atoms with Gasteiger partial charge in [0, 0.05) is 19.1 Å². The van der Waals surface area contributed by atoms with E-state index in [0.717, 1.165) is 24.8 Å². The number of likely N-dealkylation sites (tertiary alicyclic amines) is 1. The molecule has 1 aliphatic heterocycles. The molecule has 2 fully saturated rings. The minimum Gasteiger partial charge on any atom is -0.445 e. The molecule has 0 spiro atoms. The number of aliphatic hydroxyl groups is 1. The molecule has 3 atom stereocenters. The molecule has 1 saturated carbocycles. The second kappa shape index (κ2) is 10.4. The SMILES string of the molecule is CCC[C@H](NC(=O)C1CCN(C(=O)OCc2ccccc2)C1)C(O)C(=O)NC1CC1. The Morgan fingerprint density at radius 2 is 1.93 bits per heavy atom. The van der Waals surface area contributed by atoms with Crippen molar-refractivity contribution in [2.24, 2.45) is 5.92 Å². The van der Waals surface area contributed by atoms with Crippen molar-refractivity contribution in [3.63, 3.8) is 0 Å². The van der Waals surface area contributed by atoms with Crippen LogP contribution in [0.2, 0.25) is 0 Å². The van der Waals surface area contributed by atoms with E-state index in [9.17, 15) is 19.5 Å². The van der Waals surface area contributed by atoms with Gasteiger partial charge in [-0.3, -0.25) is 9.59 Å². The van der Waals surface area contributed by atoms with Crippen molar-refractivity contribution in [1.82, 2.24) is 15.5 Å². The van der Waals surface area contributed by atoms with Gasteiger partial charge in [0.05, 0.1) is 12.0 Å². The highest BCUT2D eigenvalue weighted by Crippen LogP contribution is 2.20. The fourth-order valence-electron chi connectivity index (χ4n) is 3.57. The Hall–Kier alpha value is -2.61. The number of hydrogen-bond donors (Lipinski definition) is 3. The van der Waals surface area contributed by atoms with Gasteiger partial charge in [-0.25, -0.2) is 4.79 Å². The maximum atomic E-state index is 12.7. The summed E-state index contributed by atoms with van der Waals surface area (Å²) in [6, 6.07) is 8.93. The van der Waals surface area contributed by atoms with Crippen molar-refractivity contribution in [3.05, 3.63) is 35.9 Å². The summed E-state index contributed by atoms with van der Waals surface area (Å²) in [5, 5.41) is 16.0. The molecule has 1 aromatic carbocycles. The number of hydrogen-bond acceptors (Lipinski definition) is 5. The summed E-state index contributed by atoms with van der Waals surface area (Å²) < 4.78 is 5.33. The Kier molecular flexibility index (Phi) is 7.68. The van der Waals surface area contributed by atoms with E-state index in [2.05, 4.69) is 10.6 Å². The summed E-state index contributed by atoms with van der Waals surface area (Å²) >= 11 is 0. The topological polar surface area (TPSA) is 108 Å². The number of rotatable bonds is 9. The Labute approximate surface area is 177 Å². The van der Waals surface area contributed by atoms with Gasteiger partial charge in [-0.05, 0) is 31.2 Å². The molecule has 0 bridgehead atoms. The summed E-state index contributed by atoms with van der Waals surface area (Å²) in [6.07, 6.45) is 1.89. The average Bonchev–Trinajstić information content (AvgIpc) is 3.42. The van der Waals surface area contributed by atoms with Gasteiger partial charge in [-0.15, -0.1) is 0 Å². The van der Waals surface area contributed by atoms with E-state index in [-0.39, 0.29) is 31.0 Å². The van der Waals surface area contributed by atoms with Gasteiger partial charge in [0.2, 0.25) is 5.91 Å². The number of benzene rings is 1. The zero-order valence-electron chi connectivity index (χ0n) is 17.4. The maximum Gasteiger partial charge on any atom is 0.410 e. The van der Waals surface area contributed by atoms with Crippen LogP contribution in [0.15, 0.2) is 30.3 Å². The minimum absolute atomic E-state index is 0.149. The lowest BCUT2D eigenvalue weighted by atomic mass is 10.0. The van der Waals surface area contributed by atoms with E-state index in [1.165, 1.54) is 4.90 Å². The molecule has 30 heavy (non-hydrogen) atoms. The summed E-state index contributed by atoms with van der Waals surface area (Å²) in [4.78, 5) is 38.7. The summed E-state index contributed by atoms with van der Waals surface area (Å²) in [5.41, 5.74) is 0.903. The van der Waals surface area contributed by atoms with Crippen LogP contribution in [0.4, 0.5) is 4.79 Å². The predicted octanol–water partition coefficient (Wildman–Crippen LogP) is 1.57. The first-order chi connectivity index (χ1) is 14.5. The minimum atomic E-state index is -1.28. The van der Waals surface area contributed by atoms with E-state index in [1.807, 2.05) is 37.3 Å². The Morgan fingerprint density at radius 3 is 2.60 bits per heavy atom. The van der Waals surface area contributed by atoms with Crippen LogP contribution in [-0.2, 0) is 20.9 Å². The van der Waals surface area contributed by atoms with Crippen LogP contribution in [0.5, 0.6) is 0 Å². The van der Waals surface area contributed by atoms with Gasteiger partial charge >= 0.3 is 6.09 Å². The van der Waals surface area contributed by atoms with Crippen molar-refractivity contribution < 1.29 is 24.2 Å². The number of carbonyl (C=O) groups excluding carboxylic acids is 3. The number of amides is 3. The molecule has 1 heterocycles. The predicted molar refractivity (Wildman–Crippen MR) is 110 cm³/mol. The molecule has 8 nitrogen and oxygen atoms in total. The molecule has 0 radical (unpaired) electrons. The van der Waals surface area contributed by atoms with Crippen molar-refractivity contribution in [2.75, 3.05) is 13.1 Å². The van der Waals surface area contributed by atoms with E-state index >= 15 is 0 Å². The standard InChI is InChI=1S/C22H31N3O5/c1-2-6-18(19(26)21(28)23-17-9-10-17)24-20(27)16-11-12-25(13-16)22(29)30-14-15-7-4-3-5-8-15/h3-5,7-8,16-19,26H,2,6,9-14H2,1H3,(H,23,28)(H,24,27)/t16?,18-,19?/m0/s1. The van der Waals surface area contributed by atoms with Gasteiger partial charge < -0.3 is 25.4 Å². The number of carbonyl (C=O) groups is 3. The molecule has 164 valence electrons. The van der Waals surface area contributed by atoms with E-state index < -0.39 is 24.1 Å². The third-order valence-electron chi connectivity index (χ3n) is 5.52. The molecule has 2 unspecified atom stereocenters. The fourth-order valence-corrected chi connectivity index (χ4v) is 3.57. The highest BCUT2D eigenvalue weighted by molar-refractivity contribution is 5.84. The average molecular weight is 418 g/mol. The smallest absolute Gasteiger partial charge is 0.410 e. The van der Waals surface area contributed by atoms with E-state index in [4.69, 9.17) is 4.74 Å². The van der Waals surface area contributed by atoms with Crippen molar-refractivity contribution in [1.29, 1.82) is 0 Å². The molecule has 1 saturated heterocycles. The van der Waals surface area contributed by atoms with E-state index in [1.54, 1.807) is 0 Å². The molecular weight excluding hydrogens is 386 g/mol. The van der Waals surface area contributed by atoms with Gasteiger partial charge in [-0.1, -0.05) is 43.7 Å².